The SMILES string of the molecule is CCC[C@H](C)NC(=O)COC(=O)CCc1nc2ccccc2s1. The van der Waals surface area contributed by atoms with Crippen LogP contribution in [0.25, 0.3) is 10.2 Å². The molecule has 0 aliphatic rings. The van der Waals surface area contributed by atoms with E-state index in [0.717, 1.165) is 28.1 Å². The van der Waals surface area contributed by atoms with Gasteiger partial charge in [-0.1, -0.05) is 25.5 Å². The van der Waals surface area contributed by atoms with Gasteiger partial charge >= 0.3 is 5.97 Å². The van der Waals surface area contributed by atoms with Crippen molar-refractivity contribution in [2.24, 2.45) is 0 Å². The first kappa shape index (κ1) is 17.4. The highest BCUT2D eigenvalue weighted by Crippen LogP contribution is 2.22. The minimum Gasteiger partial charge on any atom is -0.456 e. The molecule has 0 unspecified atom stereocenters. The number of hydrogen-bond acceptors (Lipinski definition) is 5. The van der Waals surface area contributed by atoms with E-state index in [1.807, 2.05) is 31.2 Å². The van der Waals surface area contributed by atoms with E-state index in [9.17, 15) is 9.59 Å². The molecule has 0 radical (unpaired) electrons. The van der Waals surface area contributed by atoms with E-state index in [1.54, 1.807) is 11.3 Å². The van der Waals surface area contributed by atoms with Crippen LogP contribution in [-0.2, 0) is 20.7 Å². The predicted molar refractivity (Wildman–Crippen MR) is 91.4 cm³/mol. The maximum absolute atomic E-state index is 11.7. The van der Waals surface area contributed by atoms with E-state index in [-0.39, 0.29) is 30.9 Å². The molecular weight excluding hydrogens is 312 g/mol. The molecule has 0 bridgehead atoms. The second kappa shape index (κ2) is 8.62. The van der Waals surface area contributed by atoms with Crippen LogP contribution < -0.4 is 5.32 Å². The average Bonchev–Trinajstić information content (AvgIpc) is 2.94. The van der Waals surface area contributed by atoms with Crippen molar-refractivity contribution in [2.75, 3.05) is 6.61 Å². The number of aromatic nitrogens is 1. The molecule has 1 atom stereocenters. The number of hydrogen-bond donors (Lipinski definition) is 1. The fraction of sp³-hybridized carbons (Fsp3) is 0.471. The van der Waals surface area contributed by atoms with Crippen LogP contribution in [0.4, 0.5) is 0 Å². The summed E-state index contributed by atoms with van der Waals surface area (Å²) in [5.41, 5.74) is 0.949. The van der Waals surface area contributed by atoms with Gasteiger partial charge in [-0.05, 0) is 25.5 Å². The van der Waals surface area contributed by atoms with Crippen LogP contribution in [0.15, 0.2) is 24.3 Å². The predicted octanol–water partition coefficient (Wildman–Crippen LogP) is 3.08. The van der Waals surface area contributed by atoms with E-state index >= 15 is 0 Å². The molecule has 0 aliphatic carbocycles. The van der Waals surface area contributed by atoms with Crippen molar-refractivity contribution in [1.29, 1.82) is 0 Å². The van der Waals surface area contributed by atoms with E-state index in [2.05, 4.69) is 17.2 Å². The van der Waals surface area contributed by atoms with Crippen molar-refractivity contribution in [3.05, 3.63) is 29.3 Å². The average molecular weight is 334 g/mol. The Morgan fingerprint density at radius 1 is 1.35 bits per heavy atom. The summed E-state index contributed by atoms with van der Waals surface area (Å²) in [4.78, 5) is 27.8. The highest BCUT2D eigenvalue weighted by molar-refractivity contribution is 7.18. The first-order chi connectivity index (χ1) is 11.1. The number of para-hydroxylation sites is 1. The highest BCUT2D eigenvalue weighted by atomic mass is 32.1. The Kier molecular flexibility index (Phi) is 6.52. The Morgan fingerprint density at radius 2 is 2.13 bits per heavy atom. The number of fused-ring (bicyclic) bond motifs is 1. The zero-order chi connectivity index (χ0) is 16.7. The normalized spacial score (nSPS) is 12.1. The van der Waals surface area contributed by atoms with E-state index in [0.29, 0.717) is 6.42 Å². The van der Waals surface area contributed by atoms with Crippen LogP contribution >= 0.6 is 11.3 Å². The van der Waals surface area contributed by atoms with Gasteiger partial charge in [-0.15, -0.1) is 11.3 Å². The summed E-state index contributed by atoms with van der Waals surface area (Å²) < 4.78 is 6.12. The number of rotatable bonds is 8. The van der Waals surface area contributed by atoms with Crippen LogP contribution in [-0.4, -0.2) is 29.5 Å². The monoisotopic (exact) mass is 334 g/mol. The summed E-state index contributed by atoms with van der Waals surface area (Å²) in [6.45, 7) is 3.79. The van der Waals surface area contributed by atoms with Crippen molar-refractivity contribution in [2.45, 2.75) is 45.6 Å². The molecule has 1 amide bonds. The Morgan fingerprint density at radius 3 is 2.87 bits per heavy atom. The van der Waals surface area contributed by atoms with Crippen LogP contribution in [0.1, 0.15) is 38.1 Å². The van der Waals surface area contributed by atoms with E-state index < -0.39 is 0 Å². The molecule has 1 aromatic carbocycles. The Bertz CT molecular complexity index is 636. The quantitative estimate of drug-likeness (QED) is 0.753. The maximum Gasteiger partial charge on any atom is 0.306 e. The van der Waals surface area contributed by atoms with Crippen LogP contribution in [0.2, 0.25) is 0 Å². The molecular formula is C17H22N2O3S. The summed E-state index contributed by atoms with van der Waals surface area (Å²) in [7, 11) is 0. The number of nitrogens with one attached hydrogen (secondary N) is 1. The zero-order valence-corrected chi connectivity index (χ0v) is 14.3. The van der Waals surface area contributed by atoms with Gasteiger partial charge in [-0.3, -0.25) is 9.59 Å². The van der Waals surface area contributed by atoms with Crippen molar-refractivity contribution in [3.8, 4) is 0 Å². The maximum atomic E-state index is 11.7. The van der Waals surface area contributed by atoms with Crippen molar-refractivity contribution < 1.29 is 14.3 Å². The summed E-state index contributed by atoms with van der Waals surface area (Å²) in [5.74, 6) is -0.623. The molecule has 0 spiro atoms. The molecule has 0 aliphatic heterocycles. The van der Waals surface area contributed by atoms with Crippen molar-refractivity contribution in [3.63, 3.8) is 0 Å². The molecule has 6 heteroatoms. The van der Waals surface area contributed by atoms with E-state index in [1.165, 1.54) is 0 Å². The van der Waals surface area contributed by atoms with Crippen molar-refractivity contribution >= 4 is 33.4 Å². The zero-order valence-electron chi connectivity index (χ0n) is 13.5. The molecule has 1 heterocycles. The minimum absolute atomic E-state index is 0.106. The smallest absolute Gasteiger partial charge is 0.306 e. The number of esters is 1. The third kappa shape index (κ3) is 5.63. The van der Waals surface area contributed by atoms with Crippen LogP contribution in [0, 0.1) is 0 Å². The number of carbonyl (C=O) groups is 2. The minimum atomic E-state index is -0.373. The lowest BCUT2D eigenvalue weighted by atomic mass is 10.2. The van der Waals surface area contributed by atoms with Crippen LogP contribution in [0.5, 0.6) is 0 Å². The number of benzene rings is 1. The molecule has 2 rings (SSSR count). The summed E-state index contributed by atoms with van der Waals surface area (Å²) in [6.07, 6.45) is 2.68. The molecule has 0 saturated carbocycles. The molecule has 2 aromatic rings. The van der Waals surface area contributed by atoms with Gasteiger partial charge in [0, 0.05) is 12.5 Å². The number of thiazole rings is 1. The largest absolute Gasteiger partial charge is 0.456 e. The third-order valence-electron chi connectivity index (χ3n) is 3.37. The van der Waals surface area contributed by atoms with Gasteiger partial charge in [0.1, 0.15) is 0 Å². The Hall–Kier alpha value is -1.95. The van der Waals surface area contributed by atoms with Gasteiger partial charge in [-0.2, -0.15) is 0 Å². The van der Waals surface area contributed by atoms with Gasteiger partial charge in [0.05, 0.1) is 21.6 Å². The topological polar surface area (TPSA) is 68.3 Å². The summed E-state index contributed by atoms with van der Waals surface area (Å²) in [6, 6.07) is 7.98. The second-order valence-electron chi connectivity index (χ2n) is 5.49. The second-order valence-corrected chi connectivity index (χ2v) is 6.61. The molecule has 124 valence electrons. The fourth-order valence-electron chi connectivity index (χ4n) is 2.28. The van der Waals surface area contributed by atoms with Gasteiger partial charge in [0.25, 0.3) is 5.91 Å². The molecule has 0 saturated heterocycles. The number of aryl methyl sites for hydroxylation is 1. The Labute approximate surface area is 140 Å². The van der Waals surface area contributed by atoms with Gasteiger partial charge in [0.2, 0.25) is 0 Å². The number of nitrogens with zero attached hydrogens (tertiary/aromatic N) is 1. The van der Waals surface area contributed by atoms with Crippen LogP contribution in [0.3, 0.4) is 0 Å². The van der Waals surface area contributed by atoms with Gasteiger partial charge in [0.15, 0.2) is 6.61 Å². The number of amides is 1. The van der Waals surface area contributed by atoms with Gasteiger partial charge in [-0.25, -0.2) is 4.98 Å². The standard InChI is InChI=1S/C17H22N2O3S/c1-3-6-12(2)18-15(20)11-22-17(21)10-9-16-19-13-7-4-5-8-14(13)23-16/h4-5,7-8,12H,3,6,9-11H2,1-2H3,(H,18,20)/t12-/m0/s1. The molecule has 5 nitrogen and oxygen atoms in total. The lowest BCUT2D eigenvalue weighted by Gasteiger charge is -2.12. The highest BCUT2D eigenvalue weighted by Gasteiger charge is 2.11. The lowest BCUT2D eigenvalue weighted by Crippen LogP contribution is -2.35. The van der Waals surface area contributed by atoms with E-state index in [4.69, 9.17) is 4.74 Å². The third-order valence-corrected chi connectivity index (χ3v) is 4.47. The Balaban J connectivity index is 1.71. The summed E-state index contributed by atoms with van der Waals surface area (Å²) >= 11 is 1.58. The molecule has 1 aromatic heterocycles. The first-order valence-electron chi connectivity index (χ1n) is 7.88. The molecule has 1 N–H and O–H groups in total. The summed E-state index contributed by atoms with van der Waals surface area (Å²) in [5, 5.41) is 3.71. The lowest BCUT2D eigenvalue weighted by molar-refractivity contribution is -0.148. The molecule has 0 fully saturated rings. The van der Waals surface area contributed by atoms with Crippen molar-refractivity contribution in [1.82, 2.24) is 10.3 Å². The van der Waals surface area contributed by atoms with Gasteiger partial charge < -0.3 is 10.1 Å². The fourth-order valence-corrected chi connectivity index (χ4v) is 3.24. The number of carbonyl (C=O) groups excluding carboxylic acids is 2. The first-order valence-corrected chi connectivity index (χ1v) is 8.69. The molecule has 23 heavy (non-hydrogen) atoms. The number of ether oxygens (including phenoxy) is 1.